The number of nitrogens with zero attached hydrogens (tertiary/aromatic N) is 1. The van der Waals surface area contributed by atoms with E-state index < -0.39 is 11.5 Å². The first-order valence-electron chi connectivity index (χ1n) is 6.39. The fourth-order valence-corrected chi connectivity index (χ4v) is 2.04. The van der Waals surface area contributed by atoms with E-state index in [2.05, 4.69) is 10.3 Å². The summed E-state index contributed by atoms with van der Waals surface area (Å²) in [5.74, 6) is -0.511. The minimum atomic E-state index is -0.521. The van der Waals surface area contributed by atoms with Gasteiger partial charge in [-0.2, -0.15) is 0 Å². The topological polar surface area (TPSA) is 72.2 Å². The molecule has 0 spiro atoms. The van der Waals surface area contributed by atoms with Crippen molar-refractivity contribution < 1.29 is 9.21 Å². The molecule has 0 saturated carbocycles. The zero-order valence-corrected chi connectivity index (χ0v) is 11.3. The summed E-state index contributed by atoms with van der Waals surface area (Å²) in [6.45, 7) is 1.89. The monoisotopic (exact) mass is 280 g/mol. The van der Waals surface area contributed by atoms with Gasteiger partial charge in [0.25, 0.3) is 5.91 Å². The largest absolute Gasteiger partial charge is 0.417 e. The van der Waals surface area contributed by atoms with Gasteiger partial charge < -0.3 is 9.73 Å². The summed E-state index contributed by atoms with van der Waals surface area (Å²) in [7, 11) is 0. The van der Waals surface area contributed by atoms with Crippen LogP contribution in [0.4, 0.5) is 5.69 Å². The lowest BCUT2D eigenvalue weighted by Crippen LogP contribution is -2.15. The molecular weight excluding hydrogens is 268 g/mol. The number of carbonyl (C=O) groups excluding carboxylic acids is 1. The Morgan fingerprint density at radius 2 is 2.10 bits per heavy atom. The van der Waals surface area contributed by atoms with E-state index >= 15 is 0 Å². The molecule has 0 aliphatic heterocycles. The highest BCUT2D eigenvalue weighted by Gasteiger charge is 2.12. The van der Waals surface area contributed by atoms with Gasteiger partial charge in [0.1, 0.15) is 0 Å². The SMILES string of the molecule is Cc1ccc2cc(C(=O)Nc3cccnc3)oc(=O)c2c1. The summed E-state index contributed by atoms with van der Waals surface area (Å²) < 4.78 is 5.09. The number of pyridine rings is 1. The third kappa shape index (κ3) is 2.67. The first kappa shape index (κ1) is 13.1. The van der Waals surface area contributed by atoms with Crippen LogP contribution in [0.25, 0.3) is 10.8 Å². The van der Waals surface area contributed by atoms with E-state index in [4.69, 9.17) is 4.42 Å². The molecule has 0 aliphatic carbocycles. The van der Waals surface area contributed by atoms with Gasteiger partial charge in [-0.25, -0.2) is 4.79 Å². The Bertz CT molecular complexity index is 870. The minimum Gasteiger partial charge on any atom is -0.417 e. The molecule has 1 aromatic carbocycles. The quantitative estimate of drug-likeness (QED) is 0.783. The van der Waals surface area contributed by atoms with E-state index in [1.165, 1.54) is 6.20 Å². The van der Waals surface area contributed by atoms with E-state index in [0.717, 1.165) is 5.56 Å². The van der Waals surface area contributed by atoms with Crippen LogP contribution in [0.1, 0.15) is 16.1 Å². The third-order valence-corrected chi connectivity index (χ3v) is 3.06. The van der Waals surface area contributed by atoms with Crippen molar-refractivity contribution in [3.8, 4) is 0 Å². The summed E-state index contributed by atoms with van der Waals surface area (Å²) >= 11 is 0. The number of nitrogens with one attached hydrogen (secondary N) is 1. The van der Waals surface area contributed by atoms with Gasteiger partial charge in [0.05, 0.1) is 17.3 Å². The molecule has 0 radical (unpaired) electrons. The highest BCUT2D eigenvalue weighted by Crippen LogP contribution is 2.15. The van der Waals surface area contributed by atoms with Crippen LogP contribution in [0.3, 0.4) is 0 Å². The number of hydrogen-bond donors (Lipinski definition) is 1. The fraction of sp³-hybridized carbons (Fsp3) is 0.0625. The zero-order chi connectivity index (χ0) is 14.8. The molecule has 3 rings (SSSR count). The van der Waals surface area contributed by atoms with Crippen molar-refractivity contribution in [3.05, 3.63) is 70.5 Å². The highest BCUT2D eigenvalue weighted by molar-refractivity contribution is 6.03. The van der Waals surface area contributed by atoms with Gasteiger partial charge in [-0.05, 0) is 36.6 Å². The van der Waals surface area contributed by atoms with Crippen LogP contribution < -0.4 is 10.9 Å². The molecule has 5 nitrogen and oxygen atoms in total. The summed E-state index contributed by atoms with van der Waals surface area (Å²) in [5.41, 5.74) is 0.976. The molecule has 1 N–H and O–H groups in total. The first-order valence-corrected chi connectivity index (χ1v) is 6.39. The Morgan fingerprint density at radius 3 is 2.86 bits per heavy atom. The molecule has 3 aromatic rings. The number of aryl methyl sites for hydroxylation is 1. The molecule has 1 amide bonds. The summed E-state index contributed by atoms with van der Waals surface area (Å²) in [4.78, 5) is 28.0. The third-order valence-electron chi connectivity index (χ3n) is 3.06. The molecule has 2 heterocycles. The Kier molecular flexibility index (Phi) is 3.23. The molecule has 0 fully saturated rings. The average Bonchev–Trinajstić information content (AvgIpc) is 2.49. The summed E-state index contributed by atoms with van der Waals surface area (Å²) in [6, 6.07) is 10.4. The number of amides is 1. The van der Waals surface area contributed by atoms with Crippen LogP contribution >= 0.6 is 0 Å². The standard InChI is InChI=1S/C16H12N2O3/c1-10-4-5-11-8-14(21-16(20)13(11)7-10)15(19)18-12-3-2-6-17-9-12/h2-9H,1H3,(H,18,19). The van der Waals surface area contributed by atoms with Crippen molar-refractivity contribution in [1.29, 1.82) is 0 Å². The lowest BCUT2D eigenvalue weighted by molar-refractivity contribution is 0.0993. The van der Waals surface area contributed by atoms with Gasteiger partial charge in [0.15, 0.2) is 5.76 Å². The summed E-state index contributed by atoms with van der Waals surface area (Å²) in [6.07, 6.45) is 3.12. The number of benzene rings is 1. The second-order valence-corrected chi connectivity index (χ2v) is 4.68. The summed E-state index contributed by atoms with van der Waals surface area (Å²) in [5, 5.41) is 3.77. The predicted octanol–water partition coefficient (Wildman–Crippen LogP) is 2.75. The number of carbonyl (C=O) groups is 1. The number of anilines is 1. The minimum absolute atomic E-state index is 0.0276. The van der Waals surface area contributed by atoms with Crippen LogP contribution in [0.5, 0.6) is 0 Å². The van der Waals surface area contributed by atoms with Gasteiger partial charge in [-0.15, -0.1) is 0 Å². The molecule has 0 bridgehead atoms. The van der Waals surface area contributed by atoms with Crippen molar-refractivity contribution >= 4 is 22.4 Å². The predicted molar refractivity (Wildman–Crippen MR) is 79.4 cm³/mol. The number of fused-ring (bicyclic) bond motifs is 1. The zero-order valence-electron chi connectivity index (χ0n) is 11.3. The van der Waals surface area contributed by atoms with Crippen molar-refractivity contribution in [2.75, 3.05) is 5.32 Å². The second-order valence-electron chi connectivity index (χ2n) is 4.68. The number of hydrogen-bond acceptors (Lipinski definition) is 4. The molecule has 0 aliphatic rings. The maximum absolute atomic E-state index is 12.1. The van der Waals surface area contributed by atoms with Crippen LogP contribution in [0.15, 0.2) is 58.0 Å². The average molecular weight is 280 g/mol. The molecule has 5 heteroatoms. The second kappa shape index (κ2) is 5.20. The van der Waals surface area contributed by atoms with Crippen LogP contribution in [0, 0.1) is 6.92 Å². The van der Waals surface area contributed by atoms with E-state index in [1.54, 1.807) is 36.5 Å². The molecule has 0 unspecified atom stereocenters. The van der Waals surface area contributed by atoms with E-state index in [1.807, 2.05) is 13.0 Å². The van der Waals surface area contributed by atoms with E-state index in [-0.39, 0.29) is 5.76 Å². The first-order chi connectivity index (χ1) is 10.1. The van der Waals surface area contributed by atoms with Gasteiger partial charge in [0.2, 0.25) is 0 Å². The Hall–Kier alpha value is -2.95. The molecule has 0 saturated heterocycles. The van der Waals surface area contributed by atoms with Crippen LogP contribution in [-0.2, 0) is 0 Å². The molecule has 21 heavy (non-hydrogen) atoms. The molecule has 104 valence electrons. The lowest BCUT2D eigenvalue weighted by atomic mass is 10.1. The molecule has 2 aromatic heterocycles. The Balaban J connectivity index is 1.99. The van der Waals surface area contributed by atoms with Gasteiger partial charge >= 0.3 is 5.63 Å². The smallest absolute Gasteiger partial charge is 0.344 e. The Morgan fingerprint density at radius 1 is 1.24 bits per heavy atom. The molecular formula is C16H12N2O3. The van der Waals surface area contributed by atoms with Crippen molar-refractivity contribution in [1.82, 2.24) is 4.98 Å². The Labute approximate surface area is 120 Å². The number of aromatic nitrogens is 1. The van der Waals surface area contributed by atoms with Crippen molar-refractivity contribution in [2.24, 2.45) is 0 Å². The normalized spacial score (nSPS) is 10.5. The van der Waals surface area contributed by atoms with Crippen LogP contribution in [-0.4, -0.2) is 10.9 Å². The number of rotatable bonds is 2. The van der Waals surface area contributed by atoms with Gasteiger partial charge in [-0.3, -0.25) is 9.78 Å². The maximum Gasteiger partial charge on any atom is 0.344 e. The maximum atomic E-state index is 12.1. The lowest BCUT2D eigenvalue weighted by Gasteiger charge is -2.05. The van der Waals surface area contributed by atoms with E-state index in [9.17, 15) is 9.59 Å². The van der Waals surface area contributed by atoms with E-state index in [0.29, 0.717) is 16.5 Å². The van der Waals surface area contributed by atoms with Crippen molar-refractivity contribution in [2.45, 2.75) is 6.92 Å². The highest BCUT2D eigenvalue weighted by atomic mass is 16.4. The van der Waals surface area contributed by atoms with Gasteiger partial charge in [0, 0.05) is 6.20 Å². The molecule has 0 atom stereocenters. The fourth-order valence-electron chi connectivity index (χ4n) is 2.04. The van der Waals surface area contributed by atoms with Gasteiger partial charge in [-0.1, -0.05) is 17.7 Å². The van der Waals surface area contributed by atoms with Crippen molar-refractivity contribution in [3.63, 3.8) is 0 Å². The van der Waals surface area contributed by atoms with Crippen LogP contribution in [0.2, 0.25) is 0 Å².